The molecular formula is C24H33ClN2O2. The number of ether oxygens (including phenoxy) is 1. The minimum Gasteiger partial charge on any atom is -0.378 e. The van der Waals surface area contributed by atoms with Crippen LogP contribution in [-0.2, 0) is 16.0 Å². The number of hydrogen-bond acceptors (Lipinski definition) is 3. The topological polar surface area (TPSA) is 64.3 Å². The molecule has 1 aliphatic rings. The van der Waals surface area contributed by atoms with Crippen LogP contribution in [0, 0.1) is 5.41 Å². The fraction of sp³-hybridized carbons (Fsp3) is 0.458. The summed E-state index contributed by atoms with van der Waals surface area (Å²) >= 11 is 0. The van der Waals surface area contributed by atoms with E-state index in [4.69, 9.17) is 10.5 Å². The number of nitrogens with two attached hydrogens (primary N) is 1. The van der Waals surface area contributed by atoms with Crippen molar-refractivity contribution in [2.75, 3.05) is 13.2 Å². The molecule has 1 aliphatic carbocycles. The first kappa shape index (κ1) is 23.4. The third kappa shape index (κ3) is 4.82. The van der Waals surface area contributed by atoms with Gasteiger partial charge in [-0.25, -0.2) is 0 Å². The molecular weight excluding hydrogens is 384 g/mol. The van der Waals surface area contributed by atoms with Crippen molar-refractivity contribution in [2.45, 2.75) is 51.2 Å². The summed E-state index contributed by atoms with van der Waals surface area (Å²) in [5, 5.41) is 3.14. The van der Waals surface area contributed by atoms with Crippen LogP contribution in [0.2, 0.25) is 0 Å². The van der Waals surface area contributed by atoms with E-state index in [9.17, 15) is 4.79 Å². The Morgan fingerprint density at radius 2 is 1.72 bits per heavy atom. The fourth-order valence-corrected chi connectivity index (χ4v) is 4.13. The van der Waals surface area contributed by atoms with Crippen LogP contribution in [0.15, 0.2) is 60.7 Å². The highest BCUT2D eigenvalue weighted by molar-refractivity contribution is 5.88. The minimum absolute atomic E-state index is 0. The van der Waals surface area contributed by atoms with Gasteiger partial charge in [-0.15, -0.1) is 12.4 Å². The van der Waals surface area contributed by atoms with E-state index < -0.39 is 5.54 Å². The minimum atomic E-state index is -0.888. The van der Waals surface area contributed by atoms with E-state index >= 15 is 0 Å². The summed E-state index contributed by atoms with van der Waals surface area (Å²) in [5.41, 5.74) is 7.74. The summed E-state index contributed by atoms with van der Waals surface area (Å²) in [4.78, 5) is 13.0. The van der Waals surface area contributed by atoms with Crippen molar-refractivity contribution in [3.05, 3.63) is 71.8 Å². The van der Waals surface area contributed by atoms with E-state index in [0.717, 1.165) is 6.42 Å². The molecule has 3 N–H and O–H groups in total. The summed E-state index contributed by atoms with van der Waals surface area (Å²) in [6.45, 7) is 7.22. The summed E-state index contributed by atoms with van der Waals surface area (Å²) in [5.74, 6) is 0.115. The van der Waals surface area contributed by atoms with E-state index in [2.05, 4.69) is 41.7 Å². The maximum atomic E-state index is 13.0. The van der Waals surface area contributed by atoms with Gasteiger partial charge in [0.15, 0.2) is 0 Å². The van der Waals surface area contributed by atoms with Crippen LogP contribution in [0.4, 0.5) is 0 Å². The molecule has 4 nitrogen and oxygen atoms in total. The fourth-order valence-electron chi connectivity index (χ4n) is 4.13. The summed E-state index contributed by atoms with van der Waals surface area (Å²) < 4.78 is 5.75. The van der Waals surface area contributed by atoms with E-state index in [-0.39, 0.29) is 35.8 Å². The third-order valence-corrected chi connectivity index (χ3v) is 6.34. The van der Waals surface area contributed by atoms with Crippen molar-refractivity contribution in [3.8, 4) is 0 Å². The number of halogens is 1. The van der Waals surface area contributed by atoms with E-state index in [0.29, 0.717) is 19.6 Å². The van der Waals surface area contributed by atoms with Crippen LogP contribution in [0.1, 0.15) is 44.2 Å². The molecule has 1 amide bonds. The molecule has 0 aromatic heterocycles. The Kier molecular flexibility index (Phi) is 7.87. The number of hydrogen-bond donors (Lipinski definition) is 2. The molecule has 3 atom stereocenters. The maximum absolute atomic E-state index is 13.0. The molecule has 1 fully saturated rings. The van der Waals surface area contributed by atoms with Crippen LogP contribution < -0.4 is 11.1 Å². The number of benzene rings is 2. The quantitative estimate of drug-likeness (QED) is 0.681. The molecule has 2 aromatic rings. The first-order valence-corrected chi connectivity index (χ1v) is 10.2. The van der Waals surface area contributed by atoms with E-state index in [1.807, 2.05) is 45.0 Å². The normalized spacial score (nSPS) is 23.4. The van der Waals surface area contributed by atoms with Gasteiger partial charge in [-0.2, -0.15) is 0 Å². The molecule has 0 heterocycles. The van der Waals surface area contributed by atoms with Crippen LogP contribution in [0.3, 0.4) is 0 Å². The lowest BCUT2D eigenvalue weighted by atomic mass is 9.54. The van der Waals surface area contributed by atoms with E-state index in [1.165, 1.54) is 11.1 Å². The zero-order chi connectivity index (χ0) is 20.2. The molecule has 0 radical (unpaired) electrons. The molecule has 1 saturated carbocycles. The Morgan fingerprint density at radius 3 is 2.28 bits per heavy atom. The van der Waals surface area contributed by atoms with Crippen molar-refractivity contribution in [3.63, 3.8) is 0 Å². The van der Waals surface area contributed by atoms with E-state index in [1.54, 1.807) is 0 Å². The van der Waals surface area contributed by atoms with Gasteiger partial charge in [-0.1, -0.05) is 74.5 Å². The lowest BCUT2D eigenvalue weighted by Gasteiger charge is -2.57. The maximum Gasteiger partial charge on any atom is 0.240 e. The highest BCUT2D eigenvalue weighted by atomic mass is 35.5. The molecule has 3 unspecified atom stereocenters. The first-order valence-electron chi connectivity index (χ1n) is 10.2. The van der Waals surface area contributed by atoms with Crippen LogP contribution >= 0.6 is 12.4 Å². The summed E-state index contributed by atoms with van der Waals surface area (Å²) in [6, 6.07) is 20.7. The number of rotatable bonds is 8. The van der Waals surface area contributed by atoms with Gasteiger partial charge >= 0.3 is 0 Å². The smallest absolute Gasteiger partial charge is 0.240 e. The predicted molar refractivity (Wildman–Crippen MR) is 120 cm³/mol. The Labute approximate surface area is 180 Å². The third-order valence-electron chi connectivity index (χ3n) is 6.34. The Balaban J connectivity index is 0.00000300. The second kappa shape index (κ2) is 9.75. The Bertz CT molecular complexity index is 782. The van der Waals surface area contributed by atoms with Gasteiger partial charge in [0.1, 0.15) is 5.54 Å². The average molecular weight is 417 g/mol. The number of carbonyl (C=O) groups excluding carboxylic acids is 1. The van der Waals surface area contributed by atoms with Crippen molar-refractivity contribution in [1.29, 1.82) is 0 Å². The molecule has 2 aromatic carbocycles. The Morgan fingerprint density at radius 1 is 1.14 bits per heavy atom. The van der Waals surface area contributed by atoms with Crippen LogP contribution in [-0.4, -0.2) is 30.7 Å². The zero-order valence-electron chi connectivity index (χ0n) is 17.6. The molecule has 0 spiro atoms. The standard InChI is InChI=1S/C24H32N2O2.ClH/c1-4-28-21-16-24(25,23(21,2)3)22(27)26-17-20(19-13-9-6-10-14-19)15-18-11-7-5-8-12-18;/h5-14,20-21H,4,15-17,25H2,1-3H3,(H,26,27);1H. The Hall–Kier alpha value is -1.88. The summed E-state index contributed by atoms with van der Waals surface area (Å²) in [7, 11) is 0. The number of nitrogens with one attached hydrogen (secondary N) is 1. The summed E-state index contributed by atoms with van der Waals surface area (Å²) in [6.07, 6.45) is 1.46. The average Bonchev–Trinajstić information content (AvgIpc) is 2.72. The monoisotopic (exact) mass is 416 g/mol. The number of amides is 1. The van der Waals surface area contributed by atoms with Crippen LogP contribution in [0.5, 0.6) is 0 Å². The molecule has 0 bridgehead atoms. The lowest BCUT2D eigenvalue weighted by Crippen LogP contribution is -2.75. The van der Waals surface area contributed by atoms with Gasteiger partial charge in [0.25, 0.3) is 0 Å². The van der Waals surface area contributed by atoms with Gasteiger partial charge in [0, 0.05) is 30.9 Å². The largest absolute Gasteiger partial charge is 0.378 e. The molecule has 0 aliphatic heterocycles. The van der Waals surface area contributed by atoms with Crippen LogP contribution in [0.25, 0.3) is 0 Å². The van der Waals surface area contributed by atoms with Gasteiger partial charge in [0.05, 0.1) is 6.10 Å². The molecule has 29 heavy (non-hydrogen) atoms. The van der Waals surface area contributed by atoms with Gasteiger partial charge in [-0.3, -0.25) is 4.79 Å². The zero-order valence-corrected chi connectivity index (χ0v) is 18.4. The SMILES string of the molecule is CCOC1CC(N)(C(=O)NCC(Cc2ccccc2)c2ccccc2)C1(C)C.Cl. The highest BCUT2D eigenvalue weighted by Crippen LogP contribution is 2.49. The molecule has 3 rings (SSSR count). The molecule has 5 heteroatoms. The number of carbonyl (C=O) groups is 1. The molecule has 158 valence electrons. The van der Waals surface area contributed by atoms with Gasteiger partial charge < -0.3 is 15.8 Å². The first-order chi connectivity index (χ1) is 13.4. The van der Waals surface area contributed by atoms with Crippen molar-refractivity contribution < 1.29 is 9.53 Å². The van der Waals surface area contributed by atoms with Crippen molar-refractivity contribution in [2.24, 2.45) is 11.1 Å². The van der Waals surface area contributed by atoms with Gasteiger partial charge in [0.2, 0.25) is 5.91 Å². The second-order valence-electron chi connectivity index (χ2n) is 8.35. The van der Waals surface area contributed by atoms with Crippen molar-refractivity contribution in [1.82, 2.24) is 5.32 Å². The second-order valence-corrected chi connectivity index (χ2v) is 8.35. The lowest BCUT2D eigenvalue weighted by molar-refractivity contribution is -0.170. The molecule has 0 saturated heterocycles. The van der Waals surface area contributed by atoms with Gasteiger partial charge in [-0.05, 0) is 24.5 Å². The predicted octanol–water partition coefficient (Wildman–Crippen LogP) is 4.08. The highest BCUT2D eigenvalue weighted by Gasteiger charge is 2.62. The van der Waals surface area contributed by atoms with Crippen molar-refractivity contribution >= 4 is 18.3 Å².